The molecule has 0 bridgehead atoms. The summed E-state index contributed by atoms with van der Waals surface area (Å²) in [4.78, 5) is 64.0. The van der Waals surface area contributed by atoms with Crippen LogP contribution in [-0.2, 0) is 28.8 Å². The molecule has 3 rings (SSSR count). The van der Waals surface area contributed by atoms with Crippen LogP contribution in [0, 0.1) is 11.8 Å². The molecule has 1 saturated heterocycles. The maximum absolute atomic E-state index is 11.8. The van der Waals surface area contributed by atoms with Gasteiger partial charge < -0.3 is 4.84 Å². The van der Waals surface area contributed by atoms with E-state index < -0.39 is 17.8 Å². The highest BCUT2D eigenvalue weighted by atomic mass is 16.7. The third-order valence-corrected chi connectivity index (χ3v) is 5.26. The van der Waals surface area contributed by atoms with E-state index in [0.29, 0.717) is 29.9 Å². The summed E-state index contributed by atoms with van der Waals surface area (Å²) in [6.45, 7) is 0.457. The second-order valence-electron chi connectivity index (χ2n) is 7.09. The molecule has 2 aliphatic heterocycles. The van der Waals surface area contributed by atoms with Crippen molar-refractivity contribution in [2.45, 2.75) is 51.4 Å². The number of rotatable bonds is 6. The summed E-state index contributed by atoms with van der Waals surface area (Å²) in [7, 11) is 0. The Kier molecular flexibility index (Phi) is 5.49. The standard InChI is InChI=1S/C18H22N2O6/c21-14-6-7-15(22)19(14)11-13-3-1-12(2-4-13)5-10-18(25)26-20-16(23)8-9-17(20)24/h6-7,12-13H,1-5,8-11H2. The van der Waals surface area contributed by atoms with Gasteiger partial charge in [-0.2, -0.15) is 0 Å². The minimum Gasteiger partial charge on any atom is -0.330 e. The summed E-state index contributed by atoms with van der Waals surface area (Å²) in [5, 5.41) is 0.581. The minimum absolute atomic E-state index is 0.0909. The summed E-state index contributed by atoms with van der Waals surface area (Å²) in [5.74, 6) is -1.32. The lowest BCUT2D eigenvalue weighted by Gasteiger charge is -2.30. The van der Waals surface area contributed by atoms with Crippen LogP contribution in [0.3, 0.4) is 0 Å². The molecule has 26 heavy (non-hydrogen) atoms. The molecule has 4 amide bonds. The minimum atomic E-state index is -0.560. The van der Waals surface area contributed by atoms with Crippen molar-refractivity contribution >= 4 is 29.6 Å². The van der Waals surface area contributed by atoms with Gasteiger partial charge in [0.15, 0.2) is 0 Å². The van der Waals surface area contributed by atoms with Gasteiger partial charge in [-0.05, 0) is 31.1 Å². The fraction of sp³-hybridized carbons (Fsp3) is 0.611. The molecule has 1 saturated carbocycles. The predicted octanol–water partition coefficient (Wildman–Crippen LogP) is 1.11. The SMILES string of the molecule is O=C(CCC1CCC(CN2C(=O)C=CC2=O)CC1)ON1C(=O)CCC1=O. The van der Waals surface area contributed by atoms with E-state index in [1.54, 1.807) is 0 Å². The van der Waals surface area contributed by atoms with Crippen LogP contribution >= 0.6 is 0 Å². The largest absolute Gasteiger partial charge is 0.333 e. The zero-order valence-corrected chi connectivity index (χ0v) is 14.5. The summed E-state index contributed by atoms with van der Waals surface area (Å²) >= 11 is 0. The summed E-state index contributed by atoms with van der Waals surface area (Å²) in [6, 6.07) is 0. The molecule has 0 aromatic heterocycles. The average Bonchev–Trinajstić information content (AvgIpc) is 3.11. The number of hydroxylamine groups is 2. The van der Waals surface area contributed by atoms with Crippen molar-refractivity contribution in [3.63, 3.8) is 0 Å². The van der Waals surface area contributed by atoms with Gasteiger partial charge in [0.1, 0.15) is 0 Å². The van der Waals surface area contributed by atoms with Gasteiger partial charge in [-0.1, -0.05) is 12.8 Å². The van der Waals surface area contributed by atoms with Crippen LogP contribution in [-0.4, -0.2) is 46.1 Å². The first-order valence-corrected chi connectivity index (χ1v) is 9.04. The molecular weight excluding hydrogens is 340 g/mol. The van der Waals surface area contributed by atoms with Crippen LogP contribution in [0.2, 0.25) is 0 Å². The van der Waals surface area contributed by atoms with Crippen molar-refractivity contribution in [2.24, 2.45) is 11.8 Å². The predicted molar refractivity (Wildman–Crippen MR) is 87.7 cm³/mol. The number of hydrogen-bond donors (Lipinski definition) is 0. The lowest BCUT2D eigenvalue weighted by Crippen LogP contribution is -2.36. The Balaban J connectivity index is 1.36. The molecule has 0 aromatic rings. The first kappa shape index (κ1) is 18.3. The van der Waals surface area contributed by atoms with Crippen LogP contribution in [0.5, 0.6) is 0 Å². The smallest absolute Gasteiger partial charge is 0.330 e. The first-order valence-electron chi connectivity index (χ1n) is 9.04. The zero-order valence-electron chi connectivity index (χ0n) is 14.5. The quantitative estimate of drug-likeness (QED) is 0.656. The van der Waals surface area contributed by atoms with Gasteiger partial charge in [-0.3, -0.25) is 24.1 Å². The highest BCUT2D eigenvalue weighted by Gasteiger charge is 2.33. The number of amides is 4. The molecule has 8 nitrogen and oxygen atoms in total. The van der Waals surface area contributed by atoms with Crippen molar-refractivity contribution in [1.82, 2.24) is 9.96 Å². The third-order valence-electron chi connectivity index (χ3n) is 5.26. The van der Waals surface area contributed by atoms with E-state index in [-0.39, 0.29) is 31.1 Å². The molecule has 0 atom stereocenters. The number of imide groups is 2. The third kappa shape index (κ3) is 4.17. The van der Waals surface area contributed by atoms with Crippen LogP contribution < -0.4 is 0 Å². The highest BCUT2D eigenvalue weighted by Crippen LogP contribution is 2.32. The van der Waals surface area contributed by atoms with E-state index >= 15 is 0 Å². The highest BCUT2D eigenvalue weighted by molar-refractivity contribution is 6.12. The van der Waals surface area contributed by atoms with Crippen LogP contribution in [0.1, 0.15) is 51.4 Å². The molecule has 2 heterocycles. The zero-order chi connectivity index (χ0) is 18.7. The molecule has 0 spiro atoms. The second kappa shape index (κ2) is 7.80. The van der Waals surface area contributed by atoms with Gasteiger partial charge in [-0.15, -0.1) is 5.06 Å². The van der Waals surface area contributed by atoms with Gasteiger partial charge in [0.25, 0.3) is 23.6 Å². The van der Waals surface area contributed by atoms with Crippen LogP contribution in [0.4, 0.5) is 0 Å². The first-order chi connectivity index (χ1) is 12.4. The Labute approximate surface area is 151 Å². The summed E-state index contributed by atoms with van der Waals surface area (Å²) in [6.07, 6.45) is 7.24. The molecule has 1 aliphatic carbocycles. The number of carbonyl (C=O) groups is 5. The Bertz CT molecular complexity index is 629. The molecule has 0 aromatic carbocycles. The van der Waals surface area contributed by atoms with E-state index in [4.69, 9.17) is 4.84 Å². The van der Waals surface area contributed by atoms with E-state index in [0.717, 1.165) is 25.7 Å². The molecule has 0 unspecified atom stereocenters. The van der Waals surface area contributed by atoms with Crippen molar-refractivity contribution in [1.29, 1.82) is 0 Å². The monoisotopic (exact) mass is 362 g/mol. The molecule has 2 fully saturated rings. The number of carbonyl (C=O) groups excluding carboxylic acids is 5. The Morgan fingerprint density at radius 1 is 0.923 bits per heavy atom. The van der Waals surface area contributed by atoms with Crippen molar-refractivity contribution in [3.05, 3.63) is 12.2 Å². The van der Waals surface area contributed by atoms with E-state index in [2.05, 4.69) is 0 Å². The summed E-state index contributed by atoms with van der Waals surface area (Å²) in [5.41, 5.74) is 0. The normalized spacial score (nSPS) is 26.2. The number of hydrogen-bond acceptors (Lipinski definition) is 6. The lowest BCUT2D eigenvalue weighted by atomic mass is 9.80. The fourth-order valence-corrected chi connectivity index (χ4v) is 3.70. The molecular formula is C18H22N2O6. The molecule has 8 heteroatoms. The van der Waals surface area contributed by atoms with Gasteiger partial charge in [0.2, 0.25) is 0 Å². The van der Waals surface area contributed by atoms with Gasteiger partial charge in [0.05, 0.1) is 0 Å². The van der Waals surface area contributed by atoms with Gasteiger partial charge in [0, 0.05) is 38.0 Å². The number of nitrogens with zero attached hydrogens (tertiary/aromatic N) is 2. The average molecular weight is 362 g/mol. The van der Waals surface area contributed by atoms with Gasteiger partial charge in [-0.25, -0.2) is 4.79 Å². The Morgan fingerprint density at radius 2 is 1.46 bits per heavy atom. The summed E-state index contributed by atoms with van der Waals surface area (Å²) < 4.78 is 0. The molecule has 3 aliphatic rings. The Hall–Kier alpha value is -2.51. The molecule has 0 N–H and O–H groups in total. The van der Waals surface area contributed by atoms with Crippen molar-refractivity contribution in [2.75, 3.05) is 6.54 Å². The maximum atomic E-state index is 11.8. The topological polar surface area (TPSA) is 101 Å². The maximum Gasteiger partial charge on any atom is 0.333 e. The van der Waals surface area contributed by atoms with Crippen molar-refractivity contribution in [3.8, 4) is 0 Å². The fourth-order valence-electron chi connectivity index (χ4n) is 3.70. The van der Waals surface area contributed by atoms with Crippen LogP contribution in [0.25, 0.3) is 0 Å². The Morgan fingerprint density at radius 3 is 2.04 bits per heavy atom. The lowest BCUT2D eigenvalue weighted by molar-refractivity contribution is -0.197. The van der Waals surface area contributed by atoms with Crippen molar-refractivity contribution < 1.29 is 28.8 Å². The van der Waals surface area contributed by atoms with E-state index in [9.17, 15) is 24.0 Å². The molecule has 140 valence electrons. The second-order valence-corrected chi connectivity index (χ2v) is 7.09. The van der Waals surface area contributed by atoms with Gasteiger partial charge >= 0.3 is 5.97 Å². The molecule has 0 radical (unpaired) electrons. The van der Waals surface area contributed by atoms with E-state index in [1.807, 2.05) is 0 Å². The van der Waals surface area contributed by atoms with E-state index in [1.165, 1.54) is 17.1 Å². The van der Waals surface area contributed by atoms with Crippen LogP contribution in [0.15, 0.2) is 12.2 Å².